The maximum Gasteiger partial charge on any atom is 0.0593 e. The maximum absolute atomic E-state index is 5.79. The summed E-state index contributed by atoms with van der Waals surface area (Å²) in [7, 11) is 0. The van der Waals surface area contributed by atoms with Gasteiger partial charge in [-0.25, -0.2) is 0 Å². The van der Waals surface area contributed by atoms with Crippen LogP contribution in [0.5, 0.6) is 0 Å². The average molecular weight is 282 g/mol. The molecular weight excluding hydrogens is 248 g/mol. The number of unbranched alkanes of at least 4 members (excludes halogenated alkanes) is 1. The van der Waals surface area contributed by atoms with Crippen molar-refractivity contribution in [1.29, 1.82) is 0 Å². The second-order valence-electron chi connectivity index (χ2n) is 6.92. The van der Waals surface area contributed by atoms with E-state index < -0.39 is 0 Å². The van der Waals surface area contributed by atoms with Gasteiger partial charge in [-0.05, 0) is 31.7 Å². The number of hydrogen-bond acceptors (Lipinski definition) is 3. The predicted octanol–water partition coefficient (Wildman–Crippen LogP) is 3.00. The molecule has 0 aromatic heterocycles. The first-order chi connectivity index (χ1) is 9.72. The number of nitrogens with zero attached hydrogens (tertiary/aromatic N) is 2. The minimum absolute atomic E-state index is 0.721. The Bertz CT molecular complexity index is 270. The van der Waals surface area contributed by atoms with Crippen molar-refractivity contribution in [3.05, 3.63) is 0 Å². The summed E-state index contributed by atoms with van der Waals surface area (Å²) < 4.78 is 5.79. The molecule has 2 fully saturated rings. The summed E-state index contributed by atoms with van der Waals surface area (Å²) in [5, 5.41) is 0. The Kier molecular flexibility index (Phi) is 6.79. The number of rotatable bonds is 7. The minimum Gasteiger partial charge on any atom is -0.380 e. The first-order valence-electron chi connectivity index (χ1n) is 8.78. The lowest BCUT2D eigenvalue weighted by atomic mass is 9.92. The van der Waals surface area contributed by atoms with Crippen LogP contribution in [0.2, 0.25) is 0 Å². The predicted molar refractivity (Wildman–Crippen MR) is 85.1 cm³/mol. The first kappa shape index (κ1) is 16.3. The molecule has 0 saturated carbocycles. The molecule has 0 aromatic rings. The molecule has 2 unspecified atom stereocenters. The van der Waals surface area contributed by atoms with Gasteiger partial charge in [0.15, 0.2) is 0 Å². The SMILES string of the molecule is CCCCOCCN1CC2CCCCN2CC1C(C)C. The van der Waals surface area contributed by atoms with Crippen LogP contribution in [0.15, 0.2) is 0 Å². The van der Waals surface area contributed by atoms with Crippen LogP contribution in [-0.2, 0) is 4.74 Å². The molecule has 2 heterocycles. The van der Waals surface area contributed by atoms with Crippen molar-refractivity contribution in [1.82, 2.24) is 9.80 Å². The van der Waals surface area contributed by atoms with E-state index in [9.17, 15) is 0 Å². The summed E-state index contributed by atoms with van der Waals surface area (Å²) in [6, 6.07) is 1.54. The van der Waals surface area contributed by atoms with Crippen LogP contribution in [-0.4, -0.2) is 61.3 Å². The average Bonchev–Trinajstić information content (AvgIpc) is 2.46. The molecule has 0 N–H and O–H groups in total. The standard InChI is InChI=1S/C17H34N2O/c1-4-5-11-20-12-10-19-13-16-8-6-7-9-18(16)14-17(19)15(2)3/h15-17H,4-14H2,1-3H3. The van der Waals surface area contributed by atoms with Gasteiger partial charge in [-0.1, -0.05) is 33.6 Å². The lowest BCUT2D eigenvalue weighted by Crippen LogP contribution is -2.61. The third-order valence-electron chi connectivity index (χ3n) is 5.02. The van der Waals surface area contributed by atoms with E-state index in [-0.39, 0.29) is 0 Å². The zero-order valence-electron chi connectivity index (χ0n) is 13.8. The Labute approximate surface area is 125 Å². The normalized spacial score (nSPS) is 28.8. The molecule has 0 aliphatic carbocycles. The summed E-state index contributed by atoms with van der Waals surface area (Å²) >= 11 is 0. The molecule has 118 valence electrons. The molecule has 0 radical (unpaired) electrons. The van der Waals surface area contributed by atoms with Crippen molar-refractivity contribution in [3.63, 3.8) is 0 Å². The van der Waals surface area contributed by atoms with Gasteiger partial charge in [0, 0.05) is 38.3 Å². The van der Waals surface area contributed by atoms with Crippen molar-refractivity contribution in [2.24, 2.45) is 5.92 Å². The van der Waals surface area contributed by atoms with E-state index in [1.807, 2.05) is 0 Å². The third-order valence-corrected chi connectivity index (χ3v) is 5.02. The molecule has 2 rings (SSSR count). The van der Waals surface area contributed by atoms with E-state index >= 15 is 0 Å². The van der Waals surface area contributed by atoms with Gasteiger partial charge >= 0.3 is 0 Å². The summed E-state index contributed by atoms with van der Waals surface area (Å²) in [6.45, 7) is 13.8. The number of hydrogen-bond donors (Lipinski definition) is 0. The summed E-state index contributed by atoms with van der Waals surface area (Å²) in [6.07, 6.45) is 6.66. The topological polar surface area (TPSA) is 15.7 Å². The first-order valence-corrected chi connectivity index (χ1v) is 8.78. The Morgan fingerprint density at radius 3 is 2.75 bits per heavy atom. The van der Waals surface area contributed by atoms with Crippen molar-refractivity contribution in [2.45, 2.75) is 65.0 Å². The van der Waals surface area contributed by atoms with Gasteiger partial charge < -0.3 is 4.74 Å². The van der Waals surface area contributed by atoms with Gasteiger partial charge in [-0.3, -0.25) is 9.80 Å². The molecule has 2 aliphatic heterocycles. The summed E-state index contributed by atoms with van der Waals surface area (Å²) in [5.41, 5.74) is 0. The number of piperazine rings is 1. The second-order valence-corrected chi connectivity index (χ2v) is 6.92. The largest absolute Gasteiger partial charge is 0.380 e. The molecule has 2 atom stereocenters. The van der Waals surface area contributed by atoms with Crippen LogP contribution in [0, 0.1) is 5.92 Å². The van der Waals surface area contributed by atoms with Gasteiger partial charge in [0.25, 0.3) is 0 Å². The molecule has 0 amide bonds. The molecule has 3 nitrogen and oxygen atoms in total. The molecule has 2 saturated heterocycles. The summed E-state index contributed by atoms with van der Waals surface area (Å²) in [5.74, 6) is 0.744. The number of piperidine rings is 1. The fourth-order valence-electron chi connectivity index (χ4n) is 3.69. The van der Waals surface area contributed by atoms with Gasteiger partial charge in [-0.2, -0.15) is 0 Å². The van der Waals surface area contributed by atoms with E-state index in [0.717, 1.165) is 37.8 Å². The molecule has 3 heteroatoms. The van der Waals surface area contributed by atoms with Gasteiger partial charge in [-0.15, -0.1) is 0 Å². The van der Waals surface area contributed by atoms with E-state index in [1.165, 1.54) is 51.7 Å². The van der Waals surface area contributed by atoms with E-state index in [1.54, 1.807) is 0 Å². The van der Waals surface area contributed by atoms with Crippen molar-refractivity contribution in [3.8, 4) is 0 Å². The van der Waals surface area contributed by atoms with E-state index in [0.29, 0.717) is 0 Å². The fourth-order valence-corrected chi connectivity index (χ4v) is 3.69. The highest BCUT2D eigenvalue weighted by Crippen LogP contribution is 2.26. The Balaban J connectivity index is 1.81. The molecular formula is C17H34N2O. The van der Waals surface area contributed by atoms with Crippen molar-refractivity contribution >= 4 is 0 Å². The molecule has 20 heavy (non-hydrogen) atoms. The lowest BCUT2D eigenvalue weighted by molar-refractivity contribution is -0.0210. The van der Waals surface area contributed by atoms with Crippen LogP contribution in [0.25, 0.3) is 0 Å². The van der Waals surface area contributed by atoms with Gasteiger partial charge in [0.05, 0.1) is 6.61 Å². The Morgan fingerprint density at radius 2 is 2.00 bits per heavy atom. The molecule has 2 aliphatic rings. The fraction of sp³-hybridized carbons (Fsp3) is 1.00. The number of fused-ring (bicyclic) bond motifs is 1. The smallest absolute Gasteiger partial charge is 0.0593 e. The number of ether oxygens (including phenoxy) is 1. The zero-order valence-corrected chi connectivity index (χ0v) is 13.8. The van der Waals surface area contributed by atoms with E-state index in [4.69, 9.17) is 4.74 Å². The highest BCUT2D eigenvalue weighted by Gasteiger charge is 2.35. The zero-order chi connectivity index (χ0) is 14.4. The highest BCUT2D eigenvalue weighted by atomic mass is 16.5. The van der Waals surface area contributed by atoms with Gasteiger partial charge in [0.2, 0.25) is 0 Å². The molecule has 0 aromatic carbocycles. The maximum atomic E-state index is 5.79. The monoisotopic (exact) mass is 282 g/mol. The summed E-state index contributed by atoms with van der Waals surface area (Å²) in [4.78, 5) is 5.46. The lowest BCUT2D eigenvalue weighted by Gasteiger charge is -2.49. The Morgan fingerprint density at radius 1 is 1.15 bits per heavy atom. The van der Waals surface area contributed by atoms with Gasteiger partial charge in [0.1, 0.15) is 0 Å². The molecule has 0 bridgehead atoms. The van der Waals surface area contributed by atoms with Crippen LogP contribution in [0.3, 0.4) is 0 Å². The van der Waals surface area contributed by atoms with Crippen molar-refractivity contribution < 1.29 is 4.74 Å². The van der Waals surface area contributed by atoms with E-state index in [2.05, 4.69) is 30.6 Å². The third kappa shape index (κ3) is 4.44. The van der Waals surface area contributed by atoms with Crippen LogP contribution < -0.4 is 0 Å². The van der Waals surface area contributed by atoms with Crippen LogP contribution in [0.4, 0.5) is 0 Å². The minimum atomic E-state index is 0.721. The molecule has 0 spiro atoms. The van der Waals surface area contributed by atoms with Crippen LogP contribution in [0.1, 0.15) is 52.9 Å². The Hall–Kier alpha value is -0.120. The second kappa shape index (κ2) is 8.35. The van der Waals surface area contributed by atoms with Crippen molar-refractivity contribution in [2.75, 3.05) is 39.4 Å². The highest BCUT2D eigenvalue weighted by molar-refractivity contribution is 4.91. The quantitative estimate of drug-likeness (QED) is 0.668. The van der Waals surface area contributed by atoms with Crippen LogP contribution >= 0.6 is 0 Å².